The van der Waals surface area contributed by atoms with E-state index in [1.807, 2.05) is 25.1 Å². The summed E-state index contributed by atoms with van der Waals surface area (Å²) < 4.78 is 0. The van der Waals surface area contributed by atoms with Gasteiger partial charge >= 0.3 is 0 Å². The van der Waals surface area contributed by atoms with Gasteiger partial charge in [-0.05, 0) is 31.2 Å². The summed E-state index contributed by atoms with van der Waals surface area (Å²) in [5, 5.41) is 8.68. The second-order valence-corrected chi connectivity index (χ2v) is 3.36. The zero-order valence-corrected chi connectivity index (χ0v) is 7.08. The van der Waals surface area contributed by atoms with Crippen molar-refractivity contribution in [1.29, 1.82) is 0 Å². The van der Waals surface area contributed by atoms with Gasteiger partial charge in [-0.2, -0.15) is 0 Å². The van der Waals surface area contributed by atoms with E-state index in [0.29, 0.717) is 11.7 Å². The minimum absolute atomic E-state index is 0.618. The molecule has 1 aromatic carbocycles. The number of hydrogen-bond donors (Lipinski definition) is 1. The third-order valence-corrected chi connectivity index (χ3v) is 2.35. The molecule has 1 aromatic rings. The van der Waals surface area contributed by atoms with Gasteiger partial charge in [0.15, 0.2) is 5.75 Å². The molecule has 64 valence electrons. The fraction of sp³-hybridized carbons (Fsp3) is 0.400. The van der Waals surface area contributed by atoms with Gasteiger partial charge < -0.3 is 4.89 Å². The van der Waals surface area contributed by atoms with Crippen LogP contribution in [0.3, 0.4) is 0 Å². The van der Waals surface area contributed by atoms with E-state index < -0.39 is 0 Å². The molecule has 1 N–H and O–H groups in total. The Labute approximate surface area is 71.7 Å². The van der Waals surface area contributed by atoms with E-state index in [9.17, 15) is 0 Å². The molecule has 0 spiro atoms. The Balaban J connectivity index is 2.43. The van der Waals surface area contributed by atoms with Gasteiger partial charge in [-0.3, -0.25) is 0 Å². The van der Waals surface area contributed by atoms with Gasteiger partial charge in [-0.1, -0.05) is 18.2 Å². The summed E-state index contributed by atoms with van der Waals surface area (Å²) in [5.41, 5.74) is 2.15. The van der Waals surface area contributed by atoms with Crippen LogP contribution in [0.15, 0.2) is 18.2 Å². The van der Waals surface area contributed by atoms with Crippen LogP contribution in [0.1, 0.15) is 29.9 Å². The summed E-state index contributed by atoms with van der Waals surface area (Å²) in [4.78, 5) is 4.38. The molecule has 0 bridgehead atoms. The molecule has 0 radical (unpaired) electrons. The fourth-order valence-corrected chi connectivity index (χ4v) is 1.52. The molecule has 2 heteroatoms. The van der Waals surface area contributed by atoms with Gasteiger partial charge in [-0.15, -0.1) is 0 Å². The summed E-state index contributed by atoms with van der Waals surface area (Å²) >= 11 is 0. The van der Waals surface area contributed by atoms with Crippen LogP contribution in [0.5, 0.6) is 5.75 Å². The molecule has 1 aliphatic carbocycles. The first kappa shape index (κ1) is 7.62. The second kappa shape index (κ2) is 2.79. The molecule has 0 saturated heterocycles. The van der Waals surface area contributed by atoms with E-state index in [1.54, 1.807) is 0 Å². The lowest BCUT2D eigenvalue weighted by Gasteiger charge is -2.07. The Morgan fingerprint density at radius 1 is 1.42 bits per heavy atom. The summed E-state index contributed by atoms with van der Waals surface area (Å²) in [6, 6.07) is 5.97. The largest absolute Gasteiger partial charge is 0.340 e. The van der Waals surface area contributed by atoms with Crippen LogP contribution >= 0.6 is 0 Å². The second-order valence-electron chi connectivity index (χ2n) is 3.36. The molecule has 0 unspecified atom stereocenters. The highest BCUT2D eigenvalue weighted by Gasteiger charge is 2.27. The predicted molar refractivity (Wildman–Crippen MR) is 46.4 cm³/mol. The third kappa shape index (κ3) is 1.18. The Morgan fingerprint density at radius 3 is 2.75 bits per heavy atom. The minimum atomic E-state index is 0.618. The number of para-hydroxylation sites is 1. The quantitative estimate of drug-likeness (QED) is 0.538. The highest BCUT2D eigenvalue weighted by molar-refractivity contribution is 5.44. The highest BCUT2D eigenvalue weighted by Crippen LogP contribution is 2.44. The molecule has 1 fully saturated rings. The Morgan fingerprint density at radius 2 is 2.17 bits per heavy atom. The van der Waals surface area contributed by atoms with E-state index in [-0.39, 0.29) is 0 Å². The van der Waals surface area contributed by atoms with Crippen LogP contribution < -0.4 is 4.89 Å². The summed E-state index contributed by atoms with van der Waals surface area (Å²) in [6.07, 6.45) is 2.44. The standard InChI is InChI=1S/C10H12O2/c1-7-3-2-4-9(8-5-6-8)10(7)12-11/h2-4,8,11H,5-6H2,1H3. The average molecular weight is 164 g/mol. The van der Waals surface area contributed by atoms with Crippen molar-refractivity contribution in [2.75, 3.05) is 0 Å². The molecular formula is C10H12O2. The zero-order valence-electron chi connectivity index (χ0n) is 7.08. The topological polar surface area (TPSA) is 29.5 Å². The van der Waals surface area contributed by atoms with Crippen molar-refractivity contribution in [2.24, 2.45) is 0 Å². The predicted octanol–water partition coefficient (Wildman–Crippen LogP) is 2.72. The van der Waals surface area contributed by atoms with Crippen LogP contribution in [0, 0.1) is 6.92 Å². The molecule has 1 aliphatic rings. The molecule has 0 aromatic heterocycles. The molecular weight excluding hydrogens is 152 g/mol. The maximum Gasteiger partial charge on any atom is 0.171 e. The lowest BCUT2D eigenvalue weighted by molar-refractivity contribution is -0.138. The van der Waals surface area contributed by atoms with Crippen molar-refractivity contribution in [3.63, 3.8) is 0 Å². The Kier molecular flexibility index (Phi) is 1.77. The van der Waals surface area contributed by atoms with Crippen molar-refractivity contribution >= 4 is 0 Å². The van der Waals surface area contributed by atoms with Crippen molar-refractivity contribution in [2.45, 2.75) is 25.7 Å². The van der Waals surface area contributed by atoms with Crippen molar-refractivity contribution in [3.8, 4) is 5.75 Å². The van der Waals surface area contributed by atoms with E-state index in [0.717, 1.165) is 11.1 Å². The summed E-state index contributed by atoms with van der Waals surface area (Å²) in [6.45, 7) is 1.94. The fourth-order valence-electron chi connectivity index (χ4n) is 1.52. The zero-order chi connectivity index (χ0) is 8.55. The van der Waals surface area contributed by atoms with Crippen LogP contribution in [-0.4, -0.2) is 5.26 Å². The molecule has 0 atom stereocenters. The number of benzene rings is 1. The van der Waals surface area contributed by atoms with Gasteiger partial charge in [0, 0.05) is 5.56 Å². The first-order valence-corrected chi connectivity index (χ1v) is 4.24. The summed E-state index contributed by atoms with van der Waals surface area (Å²) in [7, 11) is 0. The SMILES string of the molecule is Cc1cccc(C2CC2)c1OO. The van der Waals surface area contributed by atoms with Gasteiger partial charge in [0.1, 0.15) is 0 Å². The Bertz CT molecular complexity index is 290. The monoisotopic (exact) mass is 164 g/mol. The Hall–Kier alpha value is -1.02. The van der Waals surface area contributed by atoms with Crippen LogP contribution in [0.25, 0.3) is 0 Å². The average Bonchev–Trinajstić information content (AvgIpc) is 2.86. The molecule has 0 heterocycles. The van der Waals surface area contributed by atoms with Crippen LogP contribution in [-0.2, 0) is 0 Å². The van der Waals surface area contributed by atoms with Crippen molar-refractivity contribution in [1.82, 2.24) is 0 Å². The van der Waals surface area contributed by atoms with E-state index >= 15 is 0 Å². The lowest BCUT2D eigenvalue weighted by Crippen LogP contribution is -1.93. The molecule has 0 amide bonds. The van der Waals surface area contributed by atoms with Crippen LogP contribution in [0.4, 0.5) is 0 Å². The van der Waals surface area contributed by atoms with E-state index in [4.69, 9.17) is 5.26 Å². The van der Waals surface area contributed by atoms with Crippen molar-refractivity contribution < 1.29 is 10.1 Å². The molecule has 2 nitrogen and oxygen atoms in total. The van der Waals surface area contributed by atoms with E-state index in [2.05, 4.69) is 4.89 Å². The molecule has 1 saturated carbocycles. The van der Waals surface area contributed by atoms with Gasteiger partial charge in [0.2, 0.25) is 0 Å². The minimum Gasteiger partial charge on any atom is -0.340 e. The maximum atomic E-state index is 8.68. The highest BCUT2D eigenvalue weighted by atomic mass is 17.1. The first-order valence-electron chi connectivity index (χ1n) is 4.24. The molecule has 12 heavy (non-hydrogen) atoms. The summed E-state index contributed by atoms with van der Waals surface area (Å²) in [5.74, 6) is 1.27. The smallest absolute Gasteiger partial charge is 0.171 e. The molecule has 2 rings (SSSR count). The first-order chi connectivity index (χ1) is 5.83. The van der Waals surface area contributed by atoms with Crippen molar-refractivity contribution in [3.05, 3.63) is 29.3 Å². The maximum absolute atomic E-state index is 8.68. The third-order valence-electron chi connectivity index (χ3n) is 2.35. The van der Waals surface area contributed by atoms with Gasteiger partial charge in [-0.25, -0.2) is 5.26 Å². The lowest BCUT2D eigenvalue weighted by atomic mass is 10.1. The number of rotatable bonds is 2. The van der Waals surface area contributed by atoms with Crippen LogP contribution in [0.2, 0.25) is 0 Å². The number of hydrogen-bond acceptors (Lipinski definition) is 2. The van der Waals surface area contributed by atoms with E-state index in [1.165, 1.54) is 12.8 Å². The van der Waals surface area contributed by atoms with Gasteiger partial charge in [0.05, 0.1) is 0 Å². The molecule has 0 aliphatic heterocycles. The van der Waals surface area contributed by atoms with Gasteiger partial charge in [0.25, 0.3) is 0 Å². The normalized spacial score (nSPS) is 16.2. The number of aryl methyl sites for hydroxylation is 1.